The second kappa shape index (κ2) is 17.3. The molecule has 0 spiro atoms. The number of hydrogen-bond acceptors (Lipinski definition) is 3. The van der Waals surface area contributed by atoms with Crippen molar-refractivity contribution in [1.29, 1.82) is 0 Å². The van der Waals surface area contributed by atoms with Gasteiger partial charge in [-0.1, -0.05) is 32.6 Å². The monoisotopic (exact) mass is 469 g/mol. The standard InChI is InChI=1S/C19H39N3O2.HI/c1-4-6-7-8-10-17(3)22-19(20-5-2)21-13-9-14-24-18-11-15-23-16-12-18;/h17-18H,4-16H2,1-3H3,(H2,20,21,22);1H. The van der Waals surface area contributed by atoms with E-state index >= 15 is 0 Å². The van der Waals surface area contributed by atoms with Crippen molar-refractivity contribution in [2.45, 2.75) is 84.3 Å². The largest absolute Gasteiger partial charge is 0.381 e. The van der Waals surface area contributed by atoms with Crippen molar-refractivity contribution in [3.05, 3.63) is 0 Å². The van der Waals surface area contributed by atoms with E-state index in [9.17, 15) is 0 Å². The zero-order valence-electron chi connectivity index (χ0n) is 16.5. The number of halogens is 1. The lowest BCUT2D eigenvalue weighted by Gasteiger charge is -2.22. The van der Waals surface area contributed by atoms with Crippen LogP contribution in [0.3, 0.4) is 0 Å². The van der Waals surface area contributed by atoms with Crippen molar-refractivity contribution in [1.82, 2.24) is 10.6 Å². The Morgan fingerprint density at radius 3 is 2.60 bits per heavy atom. The summed E-state index contributed by atoms with van der Waals surface area (Å²) < 4.78 is 11.2. The van der Waals surface area contributed by atoms with Crippen LogP contribution < -0.4 is 10.6 Å². The minimum absolute atomic E-state index is 0. The van der Waals surface area contributed by atoms with E-state index < -0.39 is 0 Å². The van der Waals surface area contributed by atoms with Gasteiger partial charge in [0.05, 0.1) is 6.10 Å². The summed E-state index contributed by atoms with van der Waals surface area (Å²) in [7, 11) is 0. The lowest BCUT2D eigenvalue weighted by Crippen LogP contribution is -2.42. The highest BCUT2D eigenvalue weighted by Gasteiger charge is 2.13. The molecule has 2 N–H and O–H groups in total. The highest BCUT2D eigenvalue weighted by atomic mass is 127. The van der Waals surface area contributed by atoms with Gasteiger partial charge in [-0.15, -0.1) is 24.0 Å². The van der Waals surface area contributed by atoms with Crippen LogP contribution in [0.4, 0.5) is 0 Å². The quantitative estimate of drug-likeness (QED) is 0.196. The van der Waals surface area contributed by atoms with Crippen LogP contribution in [-0.2, 0) is 9.47 Å². The first-order valence-electron chi connectivity index (χ1n) is 10.0. The summed E-state index contributed by atoms with van der Waals surface area (Å²) in [5, 5.41) is 6.85. The number of unbranched alkanes of at least 4 members (excludes halogenated alkanes) is 3. The molecule has 0 radical (unpaired) electrons. The van der Waals surface area contributed by atoms with Crippen LogP contribution >= 0.6 is 24.0 Å². The lowest BCUT2D eigenvalue weighted by molar-refractivity contribution is -0.0318. The van der Waals surface area contributed by atoms with Gasteiger partial charge >= 0.3 is 0 Å². The normalized spacial score (nSPS) is 17.0. The van der Waals surface area contributed by atoms with Crippen molar-refractivity contribution in [2.24, 2.45) is 4.99 Å². The summed E-state index contributed by atoms with van der Waals surface area (Å²) in [6.07, 6.45) is 9.88. The van der Waals surface area contributed by atoms with Gasteiger partial charge in [0.2, 0.25) is 0 Å². The van der Waals surface area contributed by atoms with Gasteiger partial charge in [-0.25, -0.2) is 0 Å². The fourth-order valence-electron chi connectivity index (χ4n) is 2.85. The van der Waals surface area contributed by atoms with E-state index in [1.807, 2.05) is 0 Å². The van der Waals surface area contributed by atoms with Gasteiger partial charge in [-0.3, -0.25) is 4.99 Å². The van der Waals surface area contributed by atoms with E-state index in [0.717, 1.165) is 58.1 Å². The lowest BCUT2D eigenvalue weighted by atomic mass is 10.1. The van der Waals surface area contributed by atoms with Crippen molar-refractivity contribution in [3.8, 4) is 0 Å². The van der Waals surface area contributed by atoms with Crippen molar-refractivity contribution in [2.75, 3.05) is 32.9 Å². The Bertz CT molecular complexity index is 324. The summed E-state index contributed by atoms with van der Waals surface area (Å²) >= 11 is 0. The van der Waals surface area contributed by atoms with Crippen LogP contribution in [0, 0.1) is 0 Å². The first-order valence-corrected chi connectivity index (χ1v) is 10.0. The average molecular weight is 469 g/mol. The molecule has 0 aromatic heterocycles. The Labute approximate surface area is 172 Å². The van der Waals surface area contributed by atoms with Gasteiger partial charge in [-0.05, 0) is 39.5 Å². The number of rotatable bonds is 12. The minimum atomic E-state index is 0. The molecule has 1 atom stereocenters. The molecule has 1 heterocycles. The van der Waals surface area contributed by atoms with E-state index in [1.54, 1.807) is 0 Å². The fourth-order valence-corrected chi connectivity index (χ4v) is 2.85. The Morgan fingerprint density at radius 2 is 1.92 bits per heavy atom. The van der Waals surface area contributed by atoms with Gasteiger partial charge < -0.3 is 20.1 Å². The number of guanidine groups is 1. The molecule has 5 nitrogen and oxygen atoms in total. The Kier molecular flexibility index (Phi) is 17.3. The second-order valence-corrected chi connectivity index (χ2v) is 6.69. The summed E-state index contributed by atoms with van der Waals surface area (Å²) in [5.41, 5.74) is 0. The molecule has 0 aromatic carbocycles. The zero-order valence-corrected chi connectivity index (χ0v) is 18.8. The summed E-state index contributed by atoms with van der Waals surface area (Å²) in [6.45, 7) is 10.8. The van der Waals surface area contributed by atoms with E-state index in [-0.39, 0.29) is 24.0 Å². The smallest absolute Gasteiger partial charge is 0.191 e. The number of nitrogens with zero attached hydrogens (tertiary/aromatic N) is 1. The maximum atomic E-state index is 5.89. The average Bonchev–Trinajstić information content (AvgIpc) is 2.59. The number of ether oxygens (including phenoxy) is 2. The van der Waals surface area contributed by atoms with Crippen LogP contribution in [-0.4, -0.2) is 51.0 Å². The molecule has 1 aliphatic heterocycles. The number of nitrogens with one attached hydrogen (secondary N) is 2. The molecule has 1 unspecified atom stereocenters. The minimum Gasteiger partial charge on any atom is -0.381 e. The third kappa shape index (κ3) is 13.7. The first-order chi connectivity index (χ1) is 11.8. The van der Waals surface area contributed by atoms with E-state index in [2.05, 4.69) is 36.4 Å². The predicted molar refractivity (Wildman–Crippen MR) is 117 cm³/mol. The molecule has 0 amide bonds. The van der Waals surface area contributed by atoms with E-state index in [4.69, 9.17) is 9.47 Å². The molecule has 6 heteroatoms. The second-order valence-electron chi connectivity index (χ2n) is 6.69. The van der Waals surface area contributed by atoms with Gasteiger partial charge in [-0.2, -0.15) is 0 Å². The molecule has 1 fully saturated rings. The topological polar surface area (TPSA) is 54.9 Å². The van der Waals surface area contributed by atoms with Gasteiger partial charge in [0.25, 0.3) is 0 Å². The fraction of sp³-hybridized carbons (Fsp3) is 0.947. The number of aliphatic imine (C=N–C) groups is 1. The maximum absolute atomic E-state index is 5.89. The molecular weight excluding hydrogens is 429 g/mol. The molecule has 1 saturated heterocycles. The third-order valence-corrected chi connectivity index (χ3v) is 4.31. The molecule has 0 aromatic rings. The third-order valence-electron chi connectivity index (χ3n) is 4.31. The van der Waals surface area contributed by atoms with Gasteiger partial charge in [0.15, 0.2) is 5.96 Å². The first kappa shape index (κ1) is 24.9. The molecule has 1 aliphatic rings. The maximum Gasteiger partial charge on any atom is 0.191 e. The van der Waals surface area contributed by atoms with Gasteiger partial charge in [0, 0.05) is 39.0 Å². The summed E-state index contributed by atoms with van der Waals surface area (Å²) in [4.78, 5) is 4.67. The highest BCUT2D eigenvalue weighted by Crippen LogP contribution is 2.10. The van der Waals surface area contributed by atoms with Crippen molar-refractivity contribution in [3.63, 3.8) is 0 Å². The van der Waals surface area contributed by atoms with Crippen molar-refractivity contribution >= 4 is 29.9 Å². The molecule has 1 rings (SSSR count). The van der Waals surface area contributed by atoms with Gasteiger partial charge in [0.1, 0.15) is 0 Å². The summed E-state index contributed by atoms with van der Waals surface area (Å²) in [5.74, 6) is 0.937. The van der Waals surface area contributed by atoms with Crippen LogP contribution in [0.15, 0.2) is 4.99 Å². The SMILES string of the molecule is CCCCCCC(C)NC(=NCCCOC1CCOCC1)NCC.I. The van der Waals surface area contributed by atoms with E-state index in [1.165, 1.54) is 32.1 Å². The molecule has 150 valence electrons. The Balaban J connectivity index is 0.00000576. The van der Waals surface area contributed by atoms with Crippen molar-refractivity contribution < 1.29 is 9.47 Å². The zero-order chi connectivity index (χ0) is 17.5. The van der Waals surface area contributed by atoms with Crippen LogP contribution in [0.5, 0.6) is 0 Å². The predicted octanol–water partition coefficient (Wildman–Crippen LogP) is 4.10. The van der Waals surface area contributed by atoms with Crippen LogP contribution in [0.25, 0.3) is 0 Å². The molecule has 25 heavy (non-hydrogen) atoms. The number of hydrogen-bond donors (Lipinski definition) is 2. The molecule has 0 aliphatic carbocycles. The Hall–Kier alpha value is -0.0800. The molecule has 0 saturated carbocycles. The van der Waals surface area contributed by atoms with E-state index in [0.29, 0.717) is 12.1 Å². The summed E-state index contributed by atoms with van der Waals surface area (Å²) in [6, 6.07) is 0.471. The van der Waals surface area contributed by atoms with Crippen LogP contribution in [0.2, 0.25) is 0 Å². The van der Waals surface area contributed by atoms with Crippen LogP contribution in [0.1, 0.15) is 72.1 Å². The molecule has 0 bridgehead atoms. The highest BCUT2D eigenvalue weighted by molar-refractivity contribution is 14.0. The molecular formula is C19H40IN3O2. The Morgan fingerprint density at radius 1 is 1.16 bits per heavy atom.